The summed E-state index contributed by atoms with van der Waals surface area (Å²) < 4.78 is 5.37. The van der Waals surface area contributed by atoms with Crippen LogP contribution in [0.15, 0.2) is 0 Å². The van der Waals surface area contributed by atoms with Crippen molar-refractivity contribution in [3.05, 3.63) is 0 Å². The van der Waals surface area contributed by atoms with Gasteiger partial charge in [0.15, 0.2) is 0 Å². The zero-order chi connectivity index (χ0) is 7.94. The van der Waals surface area contributed by atoms with Crippen LogP contribution in [0.3, 0.4) is 0 Å². The van der Waals surface area contributed by atoms with Crippen LogP contribution in [0.5, 0.6) is 0 Å². The van der Waals surface area contributed by atoms with Crippen LogP contribution in [-0.4, -0.2) is 24.4 Å². The maximum atomic E-state index is 8.45. The minimum Gasteiger partial charge on any atom is -0.395 e. The molecule has 0 radical (unpaired) electrons. The zero-order valence-corrected chi connectivity index (χ0v) is 6.68. The molecule has 0 amide bonds. The molecule has 0 aromatic rings. The average Bonchev–Trinajstić information content (AvgIpc) is 2.07. The van der Waals surface area contributed by atoms with Crippen LogP contribution in [0, 0.1) is 11.8 Å². The molecular formula is C9H14O2. The molecule has 2 nitrogen and oxygen atoms in total. The molecular weight excluding hydrogens is 140 g/mol. The van der Waals surface area contributed by atoms with Crippen LogP contribution in [0.2, 0.25) is 0 Å². The van der Waals surface area contributed by atoms with Crippen molar-refractivity contribution in [2.75, 3.05) is 13.2 Å². The number of aliphatic hydroxyl groups is 1. The first-order chi connectivity index (χ1) is 5.43. The monoisotopic (exact) mass is 154 g/mol. The van der Waals surface area contributed by atoms with Crippen molar-refractivity contribution in [2.24, 2.45) is 0 Å². The van der Waals surface area contributed by atoms with Gasteiger partial charge in [0.2, 0.25) is 0 Å². The Labute approximate surface area is 67.6 Å². The Hall–Kier alpha value is -0.520. The van der Waals surface area contributed by atoms with Crippen molar-refractivity contribution in [1.82, 2.24) is 0 Å². The second-order valence-corrected chi connectivity index (χ2v) is 2.65. The Kier molecular flexibility index (Phi) is 4.03. The fourth-order valence-corrected chi connectivity index (χ4v) is 1.10. The second-order valence-electron chi connectivity index (χ2n) is 2.65. The minimum atomic E-state index is 0.135. The second kappa shape index (κ2) is 5.17. The molecule has 11 heavy (non-hydrogen) atoms. The molecule has 1 fully saturated rings. The fourth-order valence-electron chi connectivity index (χ4n) is 1.10. The lowest BCUT2D eigenvalue weighted by Gasteiger charge is -2.16. The molecule has 1 rings (SSSR count). The van der Waals surface area contributed by atoms with E-state index in [1.165, 1.54) is 6.42 Å². The summed E-state index contributed by atoms with van der Waals surface area (Å²) in [4.78, 5) is 0. The van der Waals surface area contributed by atoms with Crippen LogP contribution >= 0.6 is 0 Å². The van der Waals surface area contributed by atoms with Crippen LogP contribution in [-0.2, 0) is 4.74 Å². The Morgan fingerprint density at radius 1 is 1.45 bits per heavy atom. The highest BCUT2D eigenvalue weighted by Gasteiger charge is 2.09. The predicted molar refractivity (Wildman–Crippen MR) is 43.1 cm³/mol. The van der Waals surface area contributed by atoms with Gasteiger partial charge >= 0.3 is 0 Å². The molecule has 62 valence electrons. The molecule has 0 saturated carbocycles. The van der Waals surface area contributed by atoms with E-state index in [1.54, 1.807) is 0 Å². The largest absolute Gasteiger partial charge is 0.395 e. The summed E-state index contributed by atoms with van der Waals surface area (Å²) >= 11 is 0. The summed E-state index contributed by atoms with van der Waals surface area (Å²) in [7, 11) is 0. The van der Waals surface area contributed by atoms with Crippen molar-refractivity contribution in [3.8, 4) is 11.8 Å². The molecule has 0 bridgehead atoms. The summed E-state index contributed by atoms with van der Waals surface area (Å²) in [6, 6.07) is 0. The number of rotatable bonds is 1. The predicted octanol–water partition coefficient (Wildman–Crippen LogP) is 0.941. The topological polar surface area (TPSA) is 29.5 Å². The maximum Gasteiger partial charge on any atom is 0.118 e. The van der Waals surface area contributed by atoms with Gasteiger partial charge in [-0.15, -0.1) is 0 Å². The van der Waals surface area contributed by atoms with Crippen molar-refractivity contribution < 1.29 is 9.84 Å². The SMILES string of the molecule is OCCC#CC1CCCCO1. The van der Waals surface area contributed by atoms with E-state index in [2.05, 4.69) is 11.8 Å². The van der Waals surface area contributed by atoms with Crippen LogP contribution < -0.4 is 0 Å². The quantitative estimate of drug-likeness (QED) is 0.569. The summed E-state index contributed by atoms with van der Waals surface area (Å²) in [5, 5.41) is 8.45. The fraction of sp³-hybridized carbons (Fsp3) is 0.778. The molecule has 0 aromatic heterocycles. The van der Waals surface area contributed by atoms with Gasteiger partial charge in [-0.05, 0) is 19.3 Å². The standard InChI is InChI=1S/C9H14O2/c10-7-3-1-5-9-6-2-4-8-11-9/h9-10H,2-4,6-8H2. The molecule has 1 aliphatic rings. The lowest BCUT2D eigenvalue weighted by Crippen LogP contribution is -2.16. The summed E-state index contributed by atoms with van der Waals surface area (Å²) in [6.07, 6.45) is 4.14. The van der Waals surface area contributed by atoms with Gasteiger partial charge in [0.1, 0.15) is 6.10 Å². The van der Waals surface area contributed by atoms with Crippen LogP contribution in [0.1, 0.15) is 25.7 Å². The number of hydrogen-bond donors (Lipinski definition) is 1. The first-order valence-corrected chi connectivity index (χ1v) is 4.14. The third-order valence-electron chi connectivity index (χ3n) is 1.68. The van der Waals surface area contributed by atoms with E-state index >= 15 is 0 Å². The molecule has 0 aliphatic carbocycles. The molecule has 2 heteroatoms. The third-order valence-corrected chi connectivity index (χ3v) is 1.68. The highest BCUT2D eigenvalue weighted by atomic mass is 16.5. The van der Waals surface area contributed by atoms with Gasteiger partial charge in [0.25, 0.3) is 0 Å². The van der Waals surface area contributed by atoms with E-state index in [9.17, 15) is 0 Å². The Bertz CT molecular complexity index is 149. The van der Waals surface area contributed by atoms with E-state index in [-0.39, 0.29) is 12.7 Å². The van der Waals surface area contributed by atoms with Gasteiger partial charge in [-0.25, -0.2) is 0 Å². The van der Waals surface area contributed by atoms with E-state index in [4.69, 9.17) is 9.84 Å². The van der Waals surface area contributed by atoms with Crippen molar-refractivity contribution in [3.63, 3.8) is 0 Å². The highest BCUT2D eigenvalue weighted by molar-refractivity contribution is 5.05. The van der Waals surface area contributed by atoms with Gasteiger partial charge in [-0.3, -0.25) is 0 Å². The number of aliphatic hydroxyl groups excluding tert-OH is 1. The molecule has 0 spiro atoms. The van der Waals surface area contributed by atoms with Crippen molar-refractivity contribution in [2.45, 2.75) is 31.8 Å². The van der Waals surface area contributed by atoms with Gasteiger partial charge < -0.3 is 9.84 Å². The van der Waals surface area contributed by atoms with Gasteiger partial charge in [-0.1, -0.05) is 11.8 Å². The van der Waals surface area contributed by atoms with E-state index in [1.807, 2.05) is 0 Å². The lowest BCUT2D eigenvalue weighted by atomic mass is 10.1. The normalized spacial score (nSPS) is 23.9. The smallest absolute Gasteiger partial charge is 0.118 e. The Morgan fingerprint density at radius 3 is 3.00 bits per heavy atom. The molecule has 1 unspecified atom stereocenters. The van der Waals surface area contributed by atoms with Crippen molar-refractivity contribution >= 4 is 0 Å². The van der Waals surface area contributed by atoms with Crippen LogP contribution in [0.25, 0.3) is 0 Å². The average molecular weight is 154 g/mol. The van der Waals surface area contributed by atoms with Gasteiger partial charge in [0, 0.05) is 13.0 Å². The first-order valence-electron chi connectivity index (χ1n) is 4.14. The zero-order valence-electron chi connectivity index (χ0n) is 6.68. The van der Waals surface area contributed by atoms with E-state index in [0.29, 0.717) is 6.42 Å². The van der Waals surface area contributed by atoms with E-state index in [0.717, 1.165) is 19.4 Å². The van der Waals surface area contributed by atoms with E-state index < -0.39 is 0 Å². The summed E-state index contributed by atoms with van der Waals surface area (Å²) in [5.74, 6) is 5.87. The summed E-state index contributed by atoms with van der Waals surface area (Å²) in [6.45, 7) is 0.998. The number of hydrogen-bond acceptors (Lipinski definition) is 2. The molecule has 0 aromatic carbocycles. The van der Waals surface area contributed by atoms with Gasteiger partial charge in [0.05, 0.1) is 6.61 Å². The minimum absolute atomic E-state index is 0.135. The molecule has 1 aliphatic heterocycles. The highest BCUT2D eigenvalue weighted by Crippen LogP contribution is 2.11. The molecule has 1 N–H and O–H groups in total. The number of ether oxygens (including phenoxy) is 1. The molecule has 1 atom stereocenters. The van der Waals surface area contributed by atoms with Gasteiger partial charge in [-0.2, -0.15) is 0 Å². The first kappa shape index (κ1) is 8.58. The Morgan fingerprint density at radius 2 is 2.36 bits per heavy atom. The third kappa shape index (κ3) is 3.41. The molecule has 1 heterocycles. The lowest BCUT2D eigenvalue weighted by molar-refractivity contribution is 0.0525. The van der Waals surface area contributed by atoms with Crippen molar-refractivity contribution in [1.29, 1.82) is 0 Å². The molecule has 1 saturated heterocycles. The summed E-state index contributed by atoms with van der Waals surface area (Å²) in [5.41, 5.74) is 0. The Balaban J connectivity index is 2.19. The maximum absolute atomic E-state index is 8.45. The van der Waals surface area contributed by atoms with Crippen LogP contribution in [0.4, 0.5) is 0 Å².